The SMILES string of the molecule is Cc1cnc(CNC(=O)c2c(-c3ccccc3)c(-c3ccc(F)cc3)c(CC[C@@H](O)C[C@@H](O)CC(=O)OC(C)(C)C)n2C(C)C)cn1. The Morgan fingerprint density at radius 2 is 1.60 bits per heavy atom. The van der Waals surface area contributed by atoms with Gasteiger partial charge in [-0.25, -0.2) is 4.39 Å². The largest absolute Gasteiger partial charge is 0.460 e. The number of nitrogens with one attached hydrogen (secondary N) is 1. The van der Waals surface area contributed by atoms with Crippen LogP contribution >= 0.6 is 0 Å². The summed E-state index contributed by atoms with van der Waals surface area (Å²) in [5.41, 5.74) is 4.89. The lowest BCUT2D eigenvalue weighted by molar-refractivity contribution is -0.157. The van der Waals surface area contributed by atoms with E-state index in [-0.39, 0.29) is 43.6 Å². The number of aromatic nitrogens is 3. The number of halogens is 1. The number of carbonyl (C=O) groups is 2. The van der Waals surface area contributed by atoms with Crippen molar-refractivity contribution in [3.8, 4) is 22.3 Å². The van der Waals surface area contributed by atoms with Crippen LogP contribution in [0.4, 0.5) is 4.39 Å². The number of aliphatic hydroxyl groups is 2. The van der Waals surface area contributed by atoms with E-state index in [4.69, 9.17) is 4.74 Å². The highest BCUT2D eigenvalue weighted by atomic mass is 19.1. The first-order valence-corrected chi connectivity index (χ1v) is 16.0. The molecule has 1 amide bonds. The lowest BCUT2D eigenvalue weighted by Gasteiger charge is -2.22. The lowest BCUT2D eigenvalue weighted by atomic mass is 9.92. The molecular weight excluding hydrogens is 599 g/mol. The Kier molecular flexibility index (Phi) is 11.7. The molecule has 0 aliphatic carbocycles. The molecule has 0 aliphatic rings. The van der Waals surface area contributed by atoms with Crippen molar-refractivity contribution in [1.29, 1.82) is 0 Å². The van der Waals surface area contributed by atoms with Gasteiger partial charge in [-0.1, -0.05) is 42.5 Å². The number of rotatable bonds is 13. The zero-order valence-electron chi connectivity index (χ0n) is 28.0. The van der Waals surface area contributed by atoms with E-state index in [1.165, 1.54) is 12.1 Å². The second kappa shape index (κ2) is 15.5. The van der Waals surface area contributed by atoms with Crippen molar-refractivity contribution < 1.29 is 28.9 Å². The van der Waals surface area contributed by atoms with Gasteiger partial charge in [0.1, 0.15) is 17.1 Å². The van der Waals surface area contributed by atoms with Crippen LogP contribution in [0.15, 0.2) is 67.0 Å². The fourth-order valence-electron chi connectivity index (χ4n) is 5.65. The summed E-state index contributed by atoms with van der Waals surface area (Å²) >= 11 is 0. The van der Waals surface area contributed by atoms with Crippen molar-refractivity contribution >= 4 is 11.9 Å². The van der Waals surface area contributed by atoms with Gasteiger partial charge < -0.3 is 24.8 Å². The van der Waals surface area contributed by atoms with Crippen molar-refractivity contribution in [3.63, 3.8) is 0 Å². The molecule has 0 bridgehead atoms. The van der Waals surface area contributed by atoms with Crippen LogP contribution in [0.3, 0.4) is 0 Å². The van der Waals surface area contributed by atoms with Gasteiger partial charge in [0.25, 0.3) is 5.91 Å². The van der Waals surface area contributed by atoms with E-state index < -0.39 is 23.8 Å². The number of nitrogens with zero attached hydrogens (tertiary/aromatic N) is 3. The van der Waals surface area contributed by atoms with Crippen molar-refractivity contribution in [2.45, 2.75) is 97.6 Å². The maximum Gasteiger partial charge on any atom is 0.308 e. The van der Waals surface area contributed by atoms with Crippen molar-refractivity contribution in [2.24, 2.45) is 0 Å². The summed E-state index contributed by atoms with van der Waals surface area (Å²) in [5.74, 6) is -1.24. The molecule has 0 saturated carbocycles. The smallest absolute Gasteiger partial charge is 0.308 e. The average molecular weight is 645 g/mol. The van der Waals surface area contributed by atoms with Crippen LogP contribution in [-0.4, -0.2) is 54.4 Å². The number of carbonyl (C=O) groups excluding carboxylic acids is 2. The normalized spacial score (nSPS) is 13.0. The highest BCUT2D eigenvalue weighted by Gasteiger charge is 2.30. The number of hydrogen-bond donors (Lipinski definition) is 3. The van der Waals surface area contributed by atoms with Gasteiger partial charge in [-0.05, 0) is 84.1 Å². The van der Waals surface area contributed by atoms with Gasteiger partial charge >= 0.3 is 5.97 Å². The number of ether oxygens (including phenoxy) is 1. The number of esters is 1. The Balaban J connectivity index is 1.75. The molecule has 2 aromatic carbocycles. The van der Waals surface area contributed by atoms with E-state index >= 15 is 0 Å². The van der Waals surface area contributed by atoms with Crippen LogP contribution in [0.1, 0.15) is 87.5 Å². The number of amides is 1. The minimum atomic E-state index is -1.08. The summed E-state index contributed by atoms with van der Waals surface area (Å²) in [7, 11) is 0. The number of hydrogen-bond acceptors (Lipinski definition) is 7. The molecule has 2 atom stereocenters. The summed E-state index contributed by atoms with van der Waals surface area (Å²) in [6.07, 6.45) is 1.57. The summed E-state index contributed by atoms with van der Waals surface area (Å²) in [6, 6.07) is 15.5. The minimum Gasteiger partial charge on any atom is -0.460 e. The van der Waals surface area contributed by atoms with E-state index in [1.807, 2.05) is 55.7 Å². The Bertz CT molecular complexity index is 1650. The van der Waals surface area contributed by atoms with Crippen LogP contribution in [-0.2, 0) is 22.5 Å². The number of aryl methyl sites for hydroxylation is 1. The van der Waals surface area contributed by atoms with Crippen LogP contribution in [0.2, 0.25) is 0 Å². The highest BCUT2D eigenvalue weighted by Crippen LogP contribution is 2.42. The summed E-state index contributed by atoms with van der Waals surface area (Å²) in [6.45, 7) is 11.2. The third-order valence-corrected chi connectivity index (χ3v) is 7.58. The first-order chi connectivity index (χ1) is 22.2. The molecule has 3 N–H and O–H groups in total. The Morgan fingerprint density at radius 1 is 0.936 bits per heavy atom. The molecule has 10 heteroatoms. The zero-order valence-corrected chi connectivity index (χ0v) is 28.0. The molecule has 4 rings (SSSR count). The first kappa shape index (κ1) is 35.4. The maximum absolute atomic E-state index is 14.2. The third kappa shape index (κ3) is 9.56. The fraction of sp³-hybridized carbons (Fsp3) is 0.405. The quantitative estimate of drug-likeness (QED) is 0.145. The predicted octanol–water partition coefficient (Wildman–Crippen LogP) is 6.35. The Hall–Kier alpha value is -4.41. The molecular formula is C37H45FN4O5. The topological polar surface area (TPSA) is 127 Å². The van der Waals surface area contributed by atoms with Gasteiger partial charge in [-0.2, -0.15) is 0 Å². The minimum absolute atomic E-state index is 0.0238. The van der Waals surface area contributed by atoms with E-state index in [0.717, 1.165) is 28.1 Å². The number of aliphatic hydroxyl groups excluding tert-OH is 2. The standard InChI is InChI=1S/C37H45FN4O5/c1-23(2)42-31(17-16-29(43)18-30(44)19-32(45)47-37(4,5)6)33(26-12-14-27(38)15-13-26)34(25-10-8-7-9-11-25)35(42)36(46)41-22-28-21-39-24(3)20-40-28/h7-15,20-21,23,29-30,43-44H,16-19,22H2,1-6H3,(H,41,46)/t29-,30-/m1/s1. The van der Waals surface area contributed by atoms with Gasteiger partial charge in [-0.15, -0.1) is 0 Å². The summed E-state index contributed by atoms with van der Waals surface area (Å²) in [4.78, 5) is 35.1. The summed E-state index contributed by atoms with van der Waals surface area (Å²) < 4.78 is 21.4. The molecule has 0 aliphatic heterocycles. The second-order valence-corrected chi connectivity index (χ2v) is 13.1. The molecule has 4 aromatic rings. The van der Waals surface area contributed by atoms with Crippen LogP contribution < -0.4 is 5.32 Å². The van der Waals surface area contributed by atoms with Gasteiger partial charge in [0.15, 0.2) is 0 Å². The molecule has 0 fully saturated rings. The Morgan fingerprint density at radius 3 is 2.19 bits per heavy atom. The Labute approximate surface area is 275 Å². The molecule has 0 spiro atoms. The summed E-state index contributed by atoms with van der Waals surface area (Å²) in [5, 5.41) is 24.6. The molecule has 2 aromatic heterocycles. The highest BCUT2D eigenvalue weighted by molar-refractivity contribution is 6.05. The second-order valence-electron chi connectivity index (χ2n) is 13.1. The lowest BCUT2D eigenvalue weighted by Crippen LogP contribution is -2.28. The molecule has 0 unspecified atom stereocenters. The van der Waals surface area contributed by atoms with Gasteiger partial charge in [-0.3, -0.25) is 19.6 Å². The molecule has 9 nitrogen and oxygen atoms in total. The fourth-order valence-corrected chi connectivity index (χ4v) is 5.65. The van der Waals surface area contributed by atoms with Crippen LogP contribution in [0, 0.1) is 12.7 Å². The molecule has 250 valence electrons. The van der Waals surface area contributed by atoms with Crippen LogP contribution in [0.5, 0.6) is 0 Å². The van der Waals surface area contributed by atoms with E-state index in [1.54, 1.807) is 45.3 Å². The van der Waals surface area contributed by atoms with Gasteiger partial charge in [0.2, 0.25) is 0 Å². The van der Waals surface area contributed by atoms with Crippen LogP contribution in [0.25, 0.3) is 22.3 Å². The molecule has 0 radical (unpaired) electrons. The number of benzene rings is 2. The van der Waals surface area contributed by atoms with E-state index in [2.05, 4.69) is 15.3 Å². The third-order valence-electron chi connectivity index (χ3n) is 7.58. The maximum atomic E-state index is 14.2. The van der Waals surface area contributed by atoms with Crippen molar-refractivity contribution in [3.05, 3.63) is 95.6 Å². The monoisotopic (exact) mass is 644 g/mol. The zero-order chi connectivity index (χ0) is 34.3. The van der Waals surface area contributed by atoms with Gasteiger partial charge in [0.05, 0.1) is 42.8 Å². The first-order valence-electron chi connectivity index (χ1n) is 16.0. The molecule has 0 saturated heterocycles. The predicted molar refractivity (Wildman–Crippen MR) is 179 cm³/mol. The van der Waals surface area contributed by atoms with Crippen molar-refractivity contribution in [2.75, 3.05) is 0 Å². The average Bonchev–Trinajstić information content (AvgIpc) is 3.35. The molecule has 2 heterocycles. The van der Waals surface area contributed by atoms with Gasteiger partial charge in [0, 0.05) is 29.1 Å². The van der Waals surface area contributed by atoms with E-state index in [9.17, 15) is 24.2 Å². The van der Waals surface area contributed by atoms with E-state index in [0.29, 0.717) is 23.4 Å². The molecule has 47 heavy (non-hydrogen) atoms. The van der Waals surface area contributed by atoms with Crippen molar-refractivity contribution in [1.82, 2.24) is 19.9 Å².